The summed E-state index contributed by atoms with van der Waals surface area (Å²) >= 11 is 2.91. The molecule has 11 heteroatoms. The van der Waals surface area contributed by atoms with E-state index in [1.54, 1.807) is 18.7 Å². The third-order valence-corrected chi connectivity index (χ3v) is 6.87. The van der Waals surface area contributed by atoms with Crippen LogP contribution in [0.4, 0.5) is 5.69 Å². The second kappa shape index (κ2) is 8.67. The van der Waals surface area contributed by atoms with Crippen LogP contribution in [0.25, 0.3) is 20.7 Å². The highest BCUT2D eigenvalue weighted by atomic mass is 32.1. The minimum absolute atomic E-state index is 0.324. The van der Waals surface area contributed by atoms with Crippen molar-refractivity contribution in [3.8, 4) is 10.4 Å². The molecule has 1 unspecified atom stereocenters. The van der Waals surface area contributed by atoms with Crippen molar-refractivity contribution in [1.82, 2.24) is 19.3 Å². The fraction of sp³-hybridized carbons (Fsp3) is 0.286. The summed E-state index contributed by atoms with van der Waals surface area (Å²) in [6.45, 7) is 4.75. The Hall–Kier alpha value is -3.31. The third-order valence-electron chi connectivity index (χ3n) is 5.08. The van der Waals surface area contributed by atoms with Crippen molar-refractivity contribution in [2.75, 3.05) is 5.32 Å². The van der Waals surface area contributed by atoms with Crippen LogP contribution in [-0.2, 0) is 27.9 Å². The van der Waals surface area contributed by atoms with Gasteiger partial charge >= 0.3 is 5.97 Å². The van der Waals surface area contributed by atoms with E-state index < -0.39 is 18.0 Å². The first-order valence-electron chi connectivity index (χ1n) is 9.77. The Bertz CT molecular complexity index is 1370. The number of ether oxygens (including phenoxy) is 1. The minimum atomic E-state index is -1.04. The number of hydrogen-bond acceptors (Lipinski definition) is 8. The molecule has 0 radical (unpaired) electrons. The number of aryl methyl sites for hydroxylation is 2. The number of fused-ring (bicyclic) bond motifs is 1. The van der Waals surface area contributed by atoms with Gasteiger partial charge in [0.2, 0.25) is 0 Å². The summed E-state index contributed by atoms with van der Waals surface area (Å²) in [4.78, 5) is 43.8. The Morgan fingerprint density at radius 3 is 2.72 bits per heavy atom. The van der Waals surface area contributed by atoms with E-state index in [0.29, 0.717) is 21.6 Å². The lowest BCUT2D eigenvalue weighted by Gasteiger charge is -2.14. The van der Waals surface area contributed by atoms with Crippen molar-refractivity contribution < 1.29 is 14.3 Å². The molecule has 4 aromatic heterocycles. The van der Waals surface area contributed by atoms with Crippen molar-refractivity contribution in [3.63, 3.8) is 0 Å². The number of esters is 1. The fourth-order valence-corrected chi connectivity index (χ4v) is 5.02. The zero-order chi connectivity index (χ0) is 23.0. The van der Waals surface area contributed by atoms with Crippen molar-refractivity contribution in [3.05, 3.63) is 51.0 Å². The van der Waals surface area contributed by atoms with Gasteiger partial charge in [0.1, 0.15) is 11.4 Å². The lowest BCUT2D eigenvalue weighted by molar-refractivity contribution is -0.153. The van der Waals surface area contributed by atoms with Crippen molar-refractivity contribution in [1.29, 1.82) is 0 Å². The molecule has 32 heavy (non-hydrogen) atoms. The van der Waals surface area contributed by atoms with Gasteiger partial charge in [0.05, 0.1) is 28.8 Å². The summed E-state index contributed by atoms with van der Waals surface area (Å²) in [7, 11) is 1.78. The van der Waals surface area contributed by atoms with E-state index in [1.807, 2.05) is 29.8 Å². The Labute approximate surface area is 191 Å². The number of thiophene rings is 2. The van der Waals surface area contributed by atoms with Crippen LogP contribution in [0.1, 0.15) is 18.3 Å². The van der Waals surface area contributed by atoms with Crippen molar-refractivity contribution in [2.45, 2.75) is 33.4 Å². The Morgan fingerprint density at radius 1 is 1.28 bits per heavy atom. The van der Waals surface area contributed by atoms with E-state index in [9.17, 15) is 14.4 Å². The van der Waals surface area contributed by atoms with Crippen LogP contribution in [0.15, 0.2) is 34.0 Å². The second-order valence-electron chi connectivity index (χ2n) is 7.28. The maximum atomic E-state index is 13.0. The van der Waals surface area contributed by atoms with Gasteiger partial charge in [-0.2, -0.15) is 5.10 Å². The molecule has 0 aliphatic rings. The van der Waals surface area contributed by atoms with Crippen LogP contribution in [-0.4, -0.2) is 37.3 Å². The summed E-state index contributed by atoms with van der Waals surface area (Å²) in [6.07, 6.45) is 0.282. The average Bonchev–Trinajstić information content (AvgIpc) is 3.46. The lowest BCUT2D eigenvalue weighted by atomic mass is 10.2. The molecule has 4 aromatic rings. The van der Waals surface area contributed by atoms with Gasteiger partial charge in [-0.05, 0) is 32.2 Å². The van der Waals surface area contributed by atoms with Crippen LogP contribution < -0.4 is 10.9 Å². The highest BCUT2D eigenvalue weighted by Gasteiger charge is 2.22. The summed E-state index contributed by atoms with van der Waals surface area (Å²) in [5.41, 5.74) is 2.52. The smallest absolute Gasteiger partial charge is 0.326 e. The van der Waals surface area contributed by atoms with Crippen LogP contribution in [0.2, 0.25) is 0 Å². The van der Waals surface area contributed by atoms with Crippen molar-refractivity contribution in [2.24, 2.45) is 7.05 Å². The molecule has 1 amide bonds. The molecule has 1 atom stereocenters. The van der Waals surface area contributed by atoms with Crippen LogP contribution in [0, 0.1) is 13.8 Å². The van der Waals surface area contributed by atoms with E-state index in [4.69, 9.17) is 4.74 Å². The van der Waals surface area contributed by atoms with Crippen LogP contribution in [0.5, 0.6) is 0 Å². The number of carbonyl (C=O) groups excluding carboxylic acids is 2. The van der Waals surface area contributed by atoms with E-state index in [-0.39, 0.29) is 12.1 Å². The molecule has 0 fully saturated rings. The average molecular weight is 472 g/mol. The topological polar surface area (TPSA) is 108 Å². The van der Waals surface area contributed by atoms with E-state index in [2.05, 4.69) is 15.4 Å². The van der Waals surface area contributed by atoms with Gasteiger partial charge in [0.25, 0.3) is 11.5 Å². The van der Waals surface area contributed by atoms with Gasteiger partial charge in [-0.1, -0.05) is 6.07 Å². The van der Waals surface area contributed by atoms with E-state index in [0.717, 1.165) is 16.1 Å². The largest absolute Gasteiger partial charge is 0.451 e. The molecule has 4 rings (SSSR count). The maximum absolute atomic E-state index is 13.0. The van der Waals surface area contributed by atoms with Crippen LogP contribution >= 0.6 is 22.7 Å². The molecule has 0 aliphatic heterocycles. The number of rotatable bonds is 6. The molecule has 0 saturated heterocycles. The molecule has 0 bridgehead atoms. The molecule has 9 nitrogen and oxygen atoms in total. The van der Waals surface area contributed by atoms with Crippen LogP contribution in [0.3, 0.4) is 0 Å². The van der Waals surface area contributed by atoms with Gasteiger partial charge in [0, 0.05) is 22.9 Å². The molecular formula is C21H21N5O4S2. The SMILES string of the molecule is Cc1nn(C)c(C)c1NC(=O)C(C)OC(=O)Cn1cnc2scc(-c3cccs3)c2c1=O. The zero-order valence-electron chi connectivity index (χ0n) is 17.9. The fourth-order valence-electron chi connectivity index (χ4n) is 3.30. The first kappa shape index (κ1) is 21.9. The number of carbonyl (C=O) groups is 2. The summed E-state index contributed by atoms with van der Waals surface area (Å²) in [6, 6.07) is 3.85. The molecule has 0 saturated carbocycles. The summed E-state index contributed by atoms with van der Waals surface area (Å²) < 4.78 is 8.13. The number of aromatic nitrogens is 4. The van der Waals surface area contributed by atoms with Gasteiger partial charge in [-0.25, -0.2) is 4.98 Å². The van der Waals surface area contributed by atoms with E-state index in [1.165, 1.54) is 40.5 Å². The number of amides is 1. The Morgan fingerprint density at radius 2 is 2.06 bits per heavy atom. The molecule has 4 heterocycles. The van der Waals surface area contributed by atoms with Gasteiger partial charge in [-0.3, -0.25) is 23.6 Å². The normalized spacial score (nSPS) is 12.1. The summed E-state index contributed by atoms with van der Waals surface area (Å²) in [5.74, 6) is -1.18. The van der Waals surface area contributed by atoms with Crippen molar-refractivity contribution >= 4 is 50.5 Å². The number of hydrogen-bond donors (Lipinski definition) is 1. The third kappa shape index (κ3) is 4.08. The molecule has 0 aromatic carbocycles. The minimum Gasteiger partial charge on any atom is -0.451 e. The first-order chi connectivity index (χ1) is 15.3. The molecule has 0 spiro atoms. The first-order valence-corrected chi connectivity index (χ1v) is 11.5. The molecule has 0 aliphatic carbocycles. The highest BCUT2D eigenvalue weighted by Crippen LogP contribution is 2.33. The lowest BCUT2D eigenvalue weighted by Crippen LogP contribution is -2.33. The maximum Gasteiger partial charge on any atom is 0.326 e. The predicted molar refractivity (Wildman–Crippen MR) is 124 cm³/mol. The molecular weight excluding hydrogens is 450 g/mol. The van der Waals surface area contributed by atoms with E-state index >= 15 is 0 Å². The molecule has 1 N–H and O–H groups in total. The van der Waals surface area contributed by atoms with Gasteiger partial charge in [0.15, 0.2) is 6.10 Å². The quantitative estimate of drug-likeness (QED) is 0.433. The standard InChI is InChI=1S/C21H21N5O4S2/c1-11-18(12(2)25(4)24-11)23-19(28)13(3)30-16(27)8-26-10-22-20-17(21(26)29)14(9-32-20)15-6-5-7-31-15/h5-7,9-10,13H,8H2,1-4H3,(H,23,28). The zero-order valence-corrected chi connectivity index (χ0v) is 19.5. The molecule has 166 valence electrons. The number of nitrogens with zero attached hydrogens (tertiary/aromatic N) is 4. The number of anilines is 1. The monoisotopic (exact) mass is 471 g/mol. The Balaban J connectivity index is 1.48. The second-order valence-corrected chi connectivity index (χ2v) is 9.08. The Kier molecular flexibility index (Phi) is 5.94. The summed E-state index contributed by atoms with van der Waals surface area (Å²) in [5, 5.41) is 11.3. The highest BCUT2D eigenvalue weighted by molar-refractivity contribution is 7.18. The predicted octanol–water partition coefficient (Wildman–Crippen LogP) is 3.11. The van der Waals surface area contributed by atoms with Gasteiger partial charge in [-0.15, -0.1) is 22.7 Å². The number of nitrogens with one attached hydrogen (secondary N) is 1. The van der Waals surface area contributed by atoms with Gasteiger partial charge < -0.3 is 10.1 Å².